The largest absolute Gasteiger partial charge is 0.496 e. The van der Waals surface area contributed by atoms with Crippen LogP contribution in [0.5, 0.6) is 0 Å². The molecule has 1 aliphatic heterocycles. The first kappa shape index (κ1) is 11.1. The van der Waals surface area contributed by atoms with Crippen molar-refractivity contribution in [2.75, 3.05) is 14.2 Å². The van der Waals surface area contributed by atoms with E-state index in [1.54, 1.807) is 6.92 Å². The molecule has 1 aliphatic rings. The van der Waals surface area contributed by atoms with Gasteiger partial charge in [-0.25, -0.2) is 4.79 Å². The number of carbonyl (C=O) groups is 1. The van der Waals surface area contributed by atoms with Gasteiger partial charge < -0.3 is 14.8 Å². The van der Waals surface area contributed by atoms with Gasteiger partial charge in [0.2, 0.25) is 0 Å². The molecular weight excluding hydrogens is 196 g/mol. The lowest BCUT2D eigenvalue weighted by Crippen LogP contribution is -2.38. The number of rotatable bonds is 2. The summed E-state index contributed by atoms with van der Waals surface area (Å²) in [6.45, 7) is 1.71. The summed E-state index contributed by atoms with van der Waals surface area (Å²) in [7, 11) is 2.76. The molecule has 1 N–H and O–H groups in total. The van der Waals surface area contributed by atoms with E-state index in [9.17, 15) is 4.79 Å². The van der Waals surface area contributed by atoms with Gasteiger partial charge >= 0.3 is 5.97 Å². The summed E-state index contributed by atoms with van der Waals surface area (Å²) in [4.78, 5) is 11.3. The second-order valence-electron chi connectivity index (χ2n) is 2.99. The number of carbonyl (C=O) groups excluding carboxylic acids is 1. The van der Waals surface area contributed by atoms with Crippen molar-refractivity contribution in [1.82, 2.24) is 5.32 Å². The molecule has 0 aromatic heterocycles. The fourth-order valence-corrected chi connectivity index (χ4v) is 1.33. The molecule has 5 heteroatoms. The fourth-order valence-electron chi connectivity index (χ4n) is 1.33. The topological polar surface area (TPSA) is 71.3 Å². The number of hydrogen-bond acceptors (Lipinski definition) is 5. The van der Waals surface area contributed by atoms with Crippen LogP contribution in [-0.2, 0) is 14.3 Å². The van der Waals surface area contributed by atoms with Crippen LogP contribution in [0.1, 0.15) is 6.92 Å². The molecule has 0 aromatic rings. The summed E-state index contributed by atoms with van der Waals surface area (Å²) in [6.07, 6.45) is 1.53. The van der Waals surface area contributed by atoms with Gasteiger partial charge in [0.1, 0.15) is 23.4 Å². The zero-order chi connectivity index (χ0) is 11.4. The SMILES string of the molecule is COC(=O)C1C=C(OC)C(C#N)=C(C)N1. The van der Waals surface area contributed by atoms with Crippen LogP contribution in [-0.4, -0.2) is 26.2 Å². The Labute approximate surface area is 88.0 Å². The second-order valence-corrected chi connectivity index (χ2v) is 2.99. The first-order valence-electron chi connectivity index (χ1n) is 4.35. The van der Waals surface area contributed by atoms with E-state index in [0.29, 0.717) is 17.0 Å². The normalized spacial score (nSPS) is 19.9. The molecule has 1 heterocycles. The number of dihydropyridines is 1. The van der Waals surface area contributed by atoms with Crippen LogP contribution in [0, 0.1) is 11.3 Å². The van der Waals surface area contributed by atoms with Crippen molar-refractivity contribution >= 4 is 5.97 Å². The van der Waals surface area contributed by atoms with E-state index in [0.717, 1.165) is 0 Å². The van der Waals surface area contributed by atoms with Crippen LogP contribution >= 0.6 is 0 Å². The molecule has 80 valence electrons. The lowest BCUT2D eigenvalue weighted by Gasteiger charge is -2.22. The molecule has 0 amide bonds. The Kier molecular flexibility index (Phi) is 3.34. The summed E-state index contributed by atoms with van der Waals surface area (Å²) < 4.78 is 9.62. The van der Waals surface area contributed by atoms with Crippen LogP contribution in [0.3, 0.4) is 0 Å². The van der Waals surface area contributed by atoms with Gasteiger partial charge in [-0.2, -0.15) is 5.26 Å². The van der Waals surface area contributed by atoms with Crippen molar-refractivity contribution in [2.24, 2.45) is 0 Å². The van der Waals surface area contributed by atoms with E-state index in [1.807, 2.05) is 6.07 Å². The fraction of sp³-hybridized carbons (Fsp3) is 0.400. The van der Waals surface area contributed by atoms with Gasteiger partial charge in [0.25, 0.3) is 0 Å². The Balaban J connectivity index is 3.01. The van der Waals surface area contributed by atoms with E-state index in [2.05, 4.69) is 10.1 Å². The van der Waals surface area contributed by atoms with E-state index >= 15 is 0 Å². The van der Waals surface area contributed by atoms with Gasteiger partial charge in [0.05, 0.1) is 14.2 Å². The van der Waals surface area contributed by atoms with Gasteiger partial charge in [-0.3, -0.25) is 0 Å². The zero-order valence-corrected chi connectivity index (χ0v) is 8.83. The maximum atomic E-state index is 11.3. The summed E-state index contributed by atoms with van der Waals surface area (Å²) in [5.41, 5.74) is 1.00. The van der Waals surface area contributed by atoms with Crippen molar-refractivity contribution in [1.29, 1.82) is 5.26 Å². The predicted molar refractivity (Wildman–Crippen MR) is 52.3 cm³/mol. The molecule has 1 unspecified atom stereocenters. The first-order chi connectivity index (χ1) is 7.13. The van der Waals surface area contributed by atoms with Crippen molar-refractivity contribution in [3.63, 3.8) is 0 Å². The van der Waals surface area contributed by atoms with Crippen LogP contribution in [0.2, 0.25) is 0 Å². The Bertz CT molecular complexity index is 377. The zero-order valence-electron chi connectivity index (χ0n) is 8.83. The van der Waals surface area contributed by atoms with Gasteiger partial charge in [-0.1, -0.05) is 0 Å². The van der Waals surface area contributed by atoms with Crippen LogP contribution < -0.4 is 5.32 Å². The average molecular weight is 208 g/mol. The summed E-state index contributed by atoms with van der Waals surface area (Å²) in [6, 6.07) is 1.41. The number of nitriles is 1. The molecule has 0 spiro atoms. The maximum Gasteiger partial charge on any atom is 0.332 e. The number of hydrogen-bond donors (Lipinski definition) is 1. The minimum Gasteiger partial charge on any atom is -0.496 e. The third kappa shape index (κ3) is 2.10. The lowest BCUT2D eigenvalue weighted by molar-refractivity contribution is -0.141. The van der Waals surface area contributed by atoms with E-state index < -0.39 is 12.0 Å². The van der Waals surface area contributed by atoms with Gasteiger partial charge in [0, 0.05) is 5.70 Å². The molecule has 0 bridgehead atoms. The van der Waals surface area contributed by atoms with E-state index in [1.165, 1.54) is 20.3 Å². The highest BCUT2D eigenvalue weighted by Crippen LogP contribution is 2.19. The van der Waals surface area contributed by atoms with Crippen LogP contribution in [0.15, 0.2) is 23.1 Å². The first-order valence-corrected chi connectivity index (χ1v) is 4.35. The Morgan fingerprint density at radius 3 is 2.73 bits per heavy atom. The van der Waals surface area contributed by atoms with E-state index in [4.69, 9.17) is 10.00 Å². The molecule has 0 saturated carbocycles. The number of esters is 1. The molecule has 1 rings (SSSR count). The number of ether oxygens (including phenoxy) is 2. The molecule has 0 radical (unpaired) electrons. The minimum absolute atomic E-state index is 0.393. The number of nitrogens with one attached hydrogen (secondary N) is 1. The lowest BCUT2D eigenvalue weighted by atomic mass is 10.1. The Morgan fingerprint density at radius 2 is 2.27 bits per heavy atom. The van der Waals surface area contributed by atoms with Crippen LogP contribution in [0.4, 0.5) is 0 Å². The summed E-state index contributed by atoms with van der Waals surface area (Å²) in [5, 5.41) is 11.7. The highest BCUT2D eigenvalue weighted by atomic mass is 16.5. The van der Waals surface area contributed by atoms with Crippen molar-refractivity contribution in [3.05, 3.63) is 23.1 Å². The molecule has 0 aromatic carbocycles. The molecule has 0 saturated heterocycles. The van der Waals surface area contributed by atoms with Gasteiger partial charge in [-0.15, -0.1) is 0 Å². The molecule has 1 atom stereocenters. The number of allylic oxidation sites excluding steroid dienone is 2. The minimum atomic E-state index is -0.595. The van der Waals surface area contributed by atoms with Gasteiger partial charge in [-0.05, 0) is 13.0 Å². The summed E-state index contributed by atoms with van der Waals surface area (Å²) in [5.74, 6) is -0.0231. The maximum absolute atomic E-state index is 11.3. The third-order valence-electron chi connectivity index (χ3n) is 2.10. The number of methoxy groups -OCH3 is 2. The summed E-state index contributed by atoms with van der Waals surface area (Å²) >= 11 is 0. The predicted octanol–water partition coefficient (Wildman–Crippen LogP) is 0.459. The molecule has 0 aliphatic carbocycles. The van der Waals surface area contributed by atoms with Crippen molar-refractivity contribution in [2.45, 2.75) is 13.0 Å². The molecule has 5 nitrogen and oxygen atoms in total. The quantitative estimate of drug-likeness (QED) is 0.667. The smallest absolute Gasteiger partial charge is 0.332 e. The van der Waals surface area contributed by atoms with E-state index in [-0.39, 0.29) is 0 Å². The molecule has 15 heavy (non-hydrogen) atoms. The van der Waals surface area contributed by atoms with Crippen molar-refractivity contribution in [3.8, 4) is 6.07 Å². The average Bonchev–Trinajstić information content (AvgIpc) is 2.26. The van der Waals surface area contributed by atoms with Gasteiger partial charge in [0.15, 0.2) is 0 Å². The molecular formula is C10H12N2O3. The highest BCUT2D eigenvalue weighted by Gasteiger charge is 2.25. The monoisotopic (exact) mass is 208 g/mol. The number of nitrogens with zero attached hydrogens (tertiary/aromatic N) is 1. The third-order valence-corrected chi connectivity index (χ3v) is 2.10. The van der Waals surface area contributed by atoms with Crippen LogP contribution in [0.25, 0.3) is 0 Å². The molecule has 0 fully saturated rings. The Hall–Kier alpha value is -1.96. The van der Waals surface area contributed by atoms with Crippen molar-refractivity contribution < 1.29 is 14.3 Å². The highest BCUT2D eigenvalue weighted by molar-refractivity contribution is 5.79. The Morgan fingerprint density at radius 1 is 1.60 bits per heavy atom. The standard InChI is InChI=1S/C10H12N2O3/c1-6-7(5-11)9(14-2)4-8(12-6)10(13)15-3/h4,8,12H,1-3H3. The second kappa shape index (κ2) is 4.51.